The number of hydrogen-bond donors (Lipinski definition) is 2. The fraction of sp³-hybridized carbons (Fsp3) is 0.130. The van der Waals surface area contributed by atoms with Crippen LogP contribution in [0.15, 0.2) is 65.1 Å². The number of benzene rings is 3. The van der Waals surface area contributed by atoms with Gasteiger partial charge in [0.1, 0.15) is 28.2 Å². The van der Waals surface area contributed by atoms with Gasteiger partial charge in [-0.15, -0.1) is 0 Å². The topological polar surface area (TPSA) is 98.0 Å². The van der Waals surface area contributed by atoms with Crippen molar-refractivity contribution in [3.63, 3.8) is 0 Å². The van der Waals surface area contributed by atoms with Gasteiger partial charge in [-0.3, -0.25) is 4.79 Å². The monoisotopic (exact) mass is 405 g/mol. The molecular formula is C23H19NO6. The zero-order valence-electron chi connectivity index (χ0n) is 16.3. The number of esters is 1. The van der Waals surface area contributed by atoms with Crippen molar-refractivity contribution in [1.29, 1.82) is 0 Å². The first-order chi connectivity index (χ1) is 14.5. The molecule has 4 aromatic rings. The fourth-order valence-electron chi connectivity index (χ4n) is 3.18. The van der Waals surface area contributed by atoms with E-state index in [-0.39, 0.29) is 11.3 Å². The molecule has 0 radical (unpaired) electrons. The van der Waals surface area contributed by atoms with E-state index in [1.165, 1.54) is 26.2 Å². The molecule has 1 atom stereocenters. The summed E-state index contributed by atoms with van der Waals surface area (Å²) in [5.41, 5.74) is 1.69. The van der Waals surface area contributed by atoms with Crippen LogP contribution < -0.4 is 10.1 Å². The highest BCUT2D eigenvalue weighted by molar-refractivity contribution is 6.08. The molecule has 0 aliphatic carbocycles. The number of fused-ring (bicyclic) bond motifs is 3. The number of aromatic hydroxyl groups is 1. The summed E-state index contributed by atoms with van der Waals surface area (Å²) >= 11 is 0. The van der Waals surface area contributed by atoms with Crippen LogP contribution in [0.1, 0.15) is 17.3 Å². The van der Waals surface area contributed by atoms with Gasteiger partial charge in [0.25, 0.3) is 5.91 Å². The number of amides is 1. The average Bonchev–Trinajstić information content (AvgIpc) is 3.10. The van der Waals surface area contributed by atoms with Crippen molar-refractivity contribution in [2.24, 2.45) is 0 Å². The normalized spacial score (nSPS) is 11.9. The number of phenols is 1. The van der Waals surface area contributed by atoms with Gasteiger partial charge >= 0.3 is 5.97 Å². The second-order valence-corrected chi connectivity index (χ2v) is 6.70. The summed E-state index contributed by atoms with van der Waals surface area (Å²) in [4.78, 5) is 24.8. The van der Waals surface area contributed by atoms with E-state index in [1.54, 1.807) is 24.3 Å². The first kappa shape index (κ1) is 19.3. The Kier molecular flexibility index (Phi) is 5.02. The van der Waals surface area contributed by atoms with Crippen LogP contribution in [0.25, 0.3) is 21.9 Å². The minimum absolute atomic E-state index is 0.0153. The van der Waals surface area contributed by atoms with Crippen LogP contribution in [0.4, 0.5) is 5.69 Å². The van der Waals surface area contributed by atoms with Crippen LogP contribution in [0, 0.1) is 0 Å². The lowest BCUT2D eigenvalue weighted by molar-refractivity contribution is -0.123. The van der Waals surface area contributed by atoms with Gasteiger partial charge in [0.2, 0.25) is 0 Å². The first-order valence-electron chi connectivity index (χ1n) is 9.27. The number of nitrogens with one attached hydrogen (secondary N) is 1. The maximum Gasteiger partial charge on any atom is 0.342 e. The number of rotatable bonds is 5. The molecule has 0 aliphatic heterocycles. The van der Waals surface area contributed by atoms with Crippen molar-refractivity contribution in [2.45, 2.75) is 13.0 Å². The molecule has 0 unspecified atom stereocenters. The predicted molar refractivity (Wildman–Crippen MR) is 112 cm³/mol. The van der Waals surface area contributed by atoms with Crippen LogP contribution in [0.5, 0.6) is 11.5 Å². The summed E-state index contributed by atoms with van der Waals surface area (Å²) in [5, 5.41) is 14.3. The van der Waals surface area contributed by atoms with Crippen molar-refractivity contribution in [3.8, 4) is 11.5 Å². The third-order valence-corrected chi connectivity index (χ3v) is 4.73. The number of ether oxygens (including phenoxy) is 2. The molecule has 1 amide bonds. The number of methoxy groups -OCH3 is 1. The summed E-state index contributed by atoms with van der Waals surface area (Å²) in [6, 6.07) is 17.0. The summed E-state index contributed by atoms with van der Waals surface area (Å²) in [7, 11) is 1.50. The first-order valence-corrected chi connectivity index (χ1v) is 9.27. The Bertz CT molecular complexity index is 1260. The highest BCUT2D eigenvalue weighted by Gasteiger charge is 2.22. The van der Waals surface area contributed by atoms with E-state index in [0.29, 0.717) is 17.0 Å². The van der Waals surface area contributed by atoms with Gasteiger partial charge in [0.05, 0.1) is 12.8 Å². The van der Waals surface area contributed by atoms with Crippen LogP contribution >= 0.6 is 0 Å². The smallest absolute Gasteiger partial charge is 0.342 e. The number of carbonyl (C=O) groups excluding carboxylic acids is 2. The Morgan fingerprint density at radius 2 is 1.73 bits per heavy atom. The van der Waals surface area contributed by atoms with E-state index in [9.17, 15) is 14.7 Å². The number of hydrogen-bond acceptors (Lipinski definition) is 6. The molecule has 2 N–H and O–H groups in total. The molecule has 30 heavy (non-hydrogen) atoms. The lowest BCUT2D eigenvalue weighted by atomic mass is 10.1. The van der Waals surface area contributed by atoms with Crippen LogP contribution in [0.3, 0.4) is 0 Å². The van der Waals surface area contributed by atoms with Crippen molar-refractivity contribution in [1.82, 2.24) is 0 Å². The molecule has 0 spiro atoms. The highest BCUT2D eigenvalue weighted by atomic mass is 16.5. The second-order valence-electron chi connectivity index (χ2n) is 6.70. The van der Waals surface area contributed by atoms with Gasteiger partial charge in [-0.25, -0.2) is 4.79 Å². The van der Waals surface area contributed by atoms with Crippen LogP contribution in [0.2, 0.25) is 0 Å². The number of phenolic OH excluding ortho intramolecular Hbond substituents is 1. The maximum atomic E-state index is 12.6. The van der Waals surface area contributed by atoms with E-state index < -0.39 is 18.0 Å². The molecule has 1 aromatic heterocycles. The fourth-order valence-corrected chi connectivity index (χ4v) is 3.18. The molecule has 0 saturated heterocycles. The summed E-state index contributed by atoms with van der Waals surface area (Å²) < 4.78 is 16.5. The molecule has 1 heterocycles. The standard InChI is InChI=1S/C23H19NO6/c1-13(29-23(27)15-8-3-5-9-18(15)25)22(26)24-17-12-20-16(11-21(17)28-2)14-7-4-6-10-19(14)30-20/h3-13,25H,1-2H3,(H,24,26)/t13-/m0/s1. The van der Waals surface area contributed by atoms with E-state index in [2.05, 4.69) is 5.32 Å². The molecule has 4 rings (SSSR count). The zero-order chi connectivity index (χ0) is 21.3. The van der Waals surface area contributed by atoms with Crippen molar-refractivity contribution < 1.29 is 28.6 Å². The SMILES string of the molecule is COc1cc2c(cc1NC(=O)[C@H](C)OC(=O)c1ccccc1O)oc1ccccc12. The van der Waals surface area contributed by atoms with Crippen molar-refractivity contribution in [2.75, 3.05) is 12.4 Å². The van der Waals surface area contributed by atoms with Crippen LogP contribution in [-0.4, -0.2) is 30.2 Å². The van der Waals surface area contributed by atoms with Crippen molar-refractivity contribution in [3.05, 3.63) is 66.2 Å². The Morgan fingerprint density at radius 1 is 1.00 bits per heavy atom. The second kappa shape index (κ2) is 7.79. The molecule has 3 aromatic carbocycles. The molecule has 0 aliphatic rings. The third-order valence-electron chi connectivity index (χ3n) is 4.73. The maximum absolute atomic E-state index is 12.6. The average molecular weight is 405 g/mol. The molecule has 0 fully saturated rings. The minimum Gasteiger partial charge on any atom is -0.507 e. The number of furan rings is 1. The molecule has 0 bridgehead atoms. The molecule has 152 valence electrons. The Hall–Kier alpha value is -4.00. The van der Waals surface area contributed by atoms with Gasteiger partial charge in [0.15, 0.2) is 6.10 Å². The molecule has 7 nitrogen and oxygen atoms in total. The summed E-state index contributed by atoms with van der Waals surface area (Å²) in [6.45, 7) is 1.44. The molecule has 0 saturated carbocycles. The number of para-hydroxylation sites is 2. The number of anilines is 1. The van der Waals surface area contributed by atoms with E-state index in [0.717, 1.165) is 16.4 Å². The lowest BCUT2D eigenvalue weighted by Crippen LogP contribution is -2.30. The zero-order valence-corrected chi connectivity index (χ0v) is 16.3. The third kappa shape index (κ3) is 3.53. The van der Waals surface area contributed by atoms with Gasteiger partial charge in [-0.1, -0.05) is 30.3 Å². The van der Waals surface area contributed by atoms with Crippen LogP contribution in [-0.2, 0) is 9.53 Å². The van der Waals surface area contributed by atoms with Gasteiger partial charge < -0.3 is 24.3 Å². The summed E-state index contributed by atoms with van der Waals surface area (Å²) in [6.07, 6.45) is -1.10. The lowest BCUT2D eigenvalue weighted by Gasteiger charge is -2.15. The Labute approximate surface area is 171 Å². The van der Waals surface area contributed by atoms with E-state index in [1.807, 2.05) is 24.3 Å². The Morgan fingerprint density at radius 3 is 2.50 bits per heavy atom. The van der Waals surface area contributed by atoms with Gasteiger partial charge in [0, 0.05) is 16.8 Å². The van der Waals surface area contributed by atoms with Crippen molar-refractivity contribution >= 4 is 39.5 Å². The van der Waals surface area contributed by atoms with Gasteiger partial charge in [-0.2, -0.15) is 0 Å². The van der Waals surface area contributed by atoms with E-state index in [4.69, 9.17) is 13.9 Å². The largest absolute Gasteiger partial charge is 0.507 e. The minimum atomic E-state index is -1.10. The number of carbonyl (C=O) groups is 2. The van der Waals surface area contributed by atoms with E-state index >= 15 is 0 Å². The Balaban J connectivity index is 1.56. The molecular weight excluding hydrogens is 386 g/mol. The quantitative estimate of drug-likeness (QED) is 0.475. The highest BCUT2D eigenvalue weighted by Crippen LogP contribution is 2.36. The summed E-state index contributed by atoms with van der Waals surface area (Å²) in [5.74, 6) is -1.11. The van der Waals surface area contributed by atoms with Gasteiger partial charge in [-0.05, 0) is 31.2 Å². The predicted octanol–water partition coefficient (Wildman–Crippen LogP) is 4.48. The molecule has 7 heteroatoms.